The molecule has 1 aliphatic rings. The highest BCUT2D eigenvalue weighted by Crippen LogP contribution is 2.17. The lowest BCUT2D eigenvalue weighted by Crippen LogP contribution is -2.44. The maximum atomic E-state index is 12.7. The number of ether oxygens (including phenoxy) is 1. The molecule has 4 rings (SSSR count). The number of aromatic nitrogens is 4. The molecule has 1 aliphatic heterocycles. The summed E-state index contributed by atoms with van der Waals surface area (Å²) in [7, 11) is 0. The molecule has 0 spiro atoms. The van der Waals surface area contributed by atoms with Crippen LogP contribution in [0.15, 0.2) is 53.7 Å². The standard InChI is InChI=1S/C20H21N5O3/c26-19(9-12-25-14-21-17-7-2-1-6-16(17)20(25)27)24-11-4-5-15(13-24)28-18-8-3-10-22-23-18/h1-3,6-8,10,14-15H,4-5,9,11-13H2/t15-/m1/s1. The van der Waals surface area contributed by atoms with Crippen molar-refractivity contribution in [3.8, 4) is 5.88 Å². The monoisotopic (exact) mass is 379 g/mol. The molecule has 2 aromatic heterocycles. The van der Waals surface area contributed by atoms with Crippen molar-refractivity contribution in [1.82, 2.24) is 24.6 Å². The summed E-state index contributed by atoms with van der Waals surface area (Å²) >= 11 is 0. The van der Waals surface area contributed by atoms with E-state index in [1.807, 2.05) is 12.1 Å². The summed E-state index contributed by atoms with van der Waals surface area (Å²) in [6.45, 7) is 1.52. The molecule has 0 bridgehead atoms. The average molecular weight is 379 g/mol. The first-order valence-electron chi connectivity index (χ1n) is 9.37. The van der Waals surface area contributed by atoms with Crippen LogP contribution in [0.4, 0.5) is 0 Å². The van der Waals surface area contributed by atoms with Gasteiger partial charge in [-0.05, 0) is 31.0 Å². The molecule has 1 fully saturated rings. The van der Waals surface area contributed by atoms with Gasteiger partial charge in [-0.3, -0.25) is 14.2 Å². The van der Waals surface area contributed by atoms with E-state index in [1.165, 1.54) is 10.9 Å². The molecular formula is C20H21N5O3. The summed E-state index contributed by atoms with van der Waals surface area (Å²) < 4.78 is 7.33. The number of hydrogen-bond acceptors (Lipinski definition) is 6. The van der Waals surface area contributed by atoms with Gasteiger partial charge in [-0.15, -0.1) is 5.10 Å². The van der Waals surface area contributed by atoms with Gasteiger partial charge < -0.3 is 9.64 Å². The highest BCUT2D eigenvalue weighted by molar-refractivity contribution is 5.77. The summed E-state index contributed by atoms with van der Waals surface area (Å²) in [6, 6.07) is 10.7. The molecule has 1 amide bonds. The van der Waals surface area contributed by atoms with Crippen molar-refractivity contribution in [2.45, 2.75) is 31.9 Å². The fourth-order valence-electron chi connectivity index (χ4n) is 3.42. The number of aryl methyl sites for hydroxylation is 1. The molecule has 0 radical (unpaired) electrons. The minimum atomic E-state index is -0.124. The van der Waals surface area contributed by atoms with Gasteiger partial charge in [0.2, 0.25) is 11.8 Å². The maximum Gasteiger partial charge on any atom is 0.261 e. The fraction of sp³-hybridized carbons (Fsp3) is 0.350. The Morgan fingerprint density at radius 1 is 1.21 bits per heavy atom. The second kappa shape index (κ2) is 8.16. The number of carbonyl (C=O) groups excluding carboxylic acids is 1. The van der Waals surface area contributed by atoms with Crippen LogP contribution in [0, 0.1) is 0 Å². The van der Waals surface area contributed by atoms with Crippen LogP contribution in [0.5, 0.6) is 5.88 Å². The van der Waals surface area contributed by atoms with Crippen LogP contribution < -0.4 is 10.3 Å². The van der Waals surface area contributed by atoms with Gasteiger partial charge in [-0.1, -0.05) is 12.1 Å². The van der Waals surface area contributed by atoms with Crippen LogP contribution in [0.1, 0.15) is 19.3 Å². The Bertz CT molecular complexity index is 1020. The van der Waals surface area contributed by atoms with Crippen molar-refractivity contribution in [3.05, 3.63) is 59.3 Å². The van der Waals surface area contributed by atoms with Crippen molar-refractivity contribution < 1.29 is 9.53 Å². The van der Waals surface area contributed by atoms with Crippen molar-refractivity contribution >= 4 is 16.8 Å². The highest BCUT2D eigenvalue weighted by atomic mass is 16.5. The van der Waals surface area contributed by atoms with Crippen molar-refractivity contribution in [1.29, 1.82) is 0 Å². The zero-order valence-electron chi connectivity index (χ0n) is 15.4. The van der Waals surface area contributed by atoms with Crippen molar-refractivity contribution in [2.24, 2.45) is 0 Å². The molecule has 1 saturated heterocycles. The second-order valence-corrected chi connectivity index (χ2v) is 6.79. The van der Waals surface area contributed by atoms with Crippen LogP contribution in [0.25, 0.3) is 10.9 Å². The first-order chi connectivity index (χ1) is 13.7. The SMILES string of the molecule is O=C(CCn1cnc2ccccc2c1=O)N1CCC[C@@H](Oc2cccnn2)C1. The number of likely N-dealkylation sites (tertiary alicyclic amines) is 1. The van der Waals surface area contributed by atoms with Gasteiger partial charge in [-0.25, -0.2) is 4.98 Å². The topological polar surface area (TPSA) is 90.2 Å². The lowest BCUT2D eigenvalue weighted by Gasteiger charge is -2.32. The van der Waals surface area contributed by atoms with Crippen LogP contribution in [0.3, 0.4) is 0 Å². The minimum Gasteiger partial charge on any atom is -0.471 e. The first-order valence-corrected chi connectivity index (χ1v) is 9.37. The molecule has 3 heterocycles. The van der Waals surface area contributed by atoms with E-state index in [0.29, 0.717) is 36.4 Å². The third-order valence-corrected chi connectivity index (χ3v) is 4.86. The van der Waals surface area contributed by atoms with E-state index in [4.69, 9.17) is 4.74 Å². The highest BCUT2D eigenvalue weighted by Gasteiger charge is 2.25. The Balaban J connectivity index is 1.37. The Morgan fingerprint density at radius 3 is 2.96 bits per heavy atom. The molecule has 0 aliphatic carbocycles. The summed E-state index contributed by atoms with van der Waals surface area (Å²) in [5, 5.41) is 8.30. The number of para-hydroxylation sites is 1. The largest absolute Gasteiger partial charge is 0.471 e. The van der Waals surface area contributed by atoms with E-state index >= 15 is 0 Å². The summed E-state index contributed by atoms with van der Waals surface area (Å²) in [4.78, 5) is 31.3. The zero-order valence-corrected chi connectivity index (χ0v) is 15.4. The number of piperidine rings is 1. The molecule has 1 atom stereocenters. The van der Waals surface area contributed by atoms with Gasteiger partial charge in [0.05, 0.1) is 23.8 Å². The van der Waals surface area contributed by atoms with Gasteiger partial charge >= 0.3 is 0 Å². The molecule has 1 aromatic carbocycles. The molecule has 8 heteroatoms. The van der Waals surface area contributed by atoms with E-state index in [1.54, 1.807) is 35.4 Å². The smallest absolute Gasteiger partial charge is 0.261 e. The molecule has 144 valence electrons. The van der Waals surface area contributed by atoms with Crippen molar-refractivity contribution in [3.63, 3.8) is 0 Å². The van der Waals surface area contributed by atoms with Crippen LogP contribution in [-0.2, 0) is 11.3 Å². The third kappa shape index (κ3) is 4.00. The molecule has 0 N–H and O–H groups in total. The lowest BCUT2D eigenvalue weighted by molar-refractivity contribution is -0.134. The lowest BCUT2D eigenvalue weighted by atomic mass is 10.1. The van der Waals surface area contributed by atoms with Crippen LogP contribution >= 0.6 is 0 Å². The summed E-state index contributed by atoms with van der Waals surface area (Å²) in [5.74, 6) is 0.475. The first kappa shape index (κ1) is 18.1. The molecule has 28 heavy (non-hydrogen) atoms. The van der Waals surface area contributed by atoms with E-state index in [9.17, 15) is 9.59 Å². The van der Waals surface area contributed by atoms with Crippen LogP contribution in [0.2, 0.25) is 0 Å². The third-order valence-electron chi connectivity index (χ3n) is 4.86. The Hall–Kier alpha value is -3.29. The number of hydrogen-bond donors (Lipinski definition) is 0. The zero-order chi connectivity index (χ0) is 19.3. The number of rotatable bonds is 5. The van der Waals surface area contributed by atoms with Gasteiger partial charge in [0, 0.05) is 31.8 Å². The number of amides is 1. The predicted molar refractivity (Wildman–Crippen MR) is 103 cm³/mol. The fourth-order valence-corrected chi connectivity index (χ4v) is 3.42. The van der Waals surface area contributed by atoms with Gasteiger partial charge in [-0.2, -0.15) is 5.10 Å². The Kier molecular flexibility index (Phi) is 5.27. The second-order valence-electron chi connectivity index (χ2n) is 6.79. The normalized spacial score (nSPS) is 16.9. The van der Waals surface area contributed by atoms with E-state index in [0.717, 1.165) is 12.8 Å². The van der Waals surface area contributed by atoms with E-state index in [-0.39, 0.29) is 24.0 Å². The molecule has 0 unspecified atom stereocenters. The summed E-state index contributed by atoms with van der Waals surface area (Å²) in [5.41, 5.74) is 0.538. The van der Waals surface area contributed by atoms with E-state index in [2.05, 4.69) is 15.2 Å². The number of nitrogens with zero attached hydrogens (tertiary/aromatic N) is 5. The maximum absolute atomic E-state index is 12.7. The van der Waals surface area contributed by atoms with Crippen LogP contribution in [-0.4, -0.2) is 49.7 Å². The predicted octanol–water partition coefficient (Wildman–Crippen LogP) is 1.65. The Morgan fingerprint density at radius 2 is 2.11 bits per heavy atom. The average Bonchev–Trinajstić information content (AvgIpc) is 2.74. The van der Waals surface area contributed by atoms with Crippen molar-refractivity contribution in [2.75, 3.05) is 13.1 Å². The molecule has 3 aromatic rings. The molecule has 8 nitrogen and oxygen atoms in total. The number of carbonyl (C=O) groups is 1. The van der Waals surface area contributed by atoms with E-state index < -0.39 is 0 Å². The number of benzene rings is 1. The molecule has 0 saturated carbocycles. The minimum absolute atomic E-state index is 0.00695. The summed E-state index contributed by atoms with van der Waals surface area (Å²) in [6.07, 6.45) is 4.99. The van der Waals surface area contributed by atoms with Gasteiger partial charge in [0.1, 0.15) is 6.10 Å². The quantitative estimate of drug-likeness (QED) is 0.670. The van der Waals surface area contributed by atoms with Gasteiger partial charge in [0.25, 0.3) is 5.56 Å². The Labute approximate surface area is 161 Å². The number of fused-ring (bicyclic) bond motifs is 1. The molecular weight excluding hydrogens is 358 g/mol. The van der Waals surface area contributed by atoms with Gasteiger partial charge in [0.15, 0.2) is 0 Å².